The maximum absolute atomic E-state index is 12.0. The minimum atomic E-state index is -0.973. The molecule has 0 aromatic heterocycles. The Morgan fingerprint density at radius 2 is 1.43 bits per heavy atom. The van der Waals surface area contributed by atoms with Crippen LogP contribution < -0.4 is 9.47 Å². The smallest absolute Gasteiger partial charge is 0.231 e. The van der Waals surface area contributed by atoms with Crippen molar-refractivity contribution in [1.29, 1.82) is 0 Å². The molecule has 1 saturated heterocycles. The van der Waals surface area contributed by atoms with Crippen molar-refractivity contribution in [3.05, 3.63) is 95.6 Å². The summed E-state index contributed by atoms with van der Waals surface area (Å²) in [4.78, 5) is 2.45. The van der Waals surface area contributed by atoms with Gasteiger partial charge in [0.15, 0.2) is 11.5 Å². The minimum absolute atomic E-state index is 0.166. The first-order chi connectivity index (χ1) is 14.7. The molecular formula is C26H27NO3. The summed E-state index contributed by atoms with van der Waals surface area (Å²) in [6.07, 6.45) is 1.87. The first kappa shape index (κ1) is 19.2. The summed E-state index contributed by atoms with van der Waals surface area (Å²) < 4.78 is 11.2. The van der Waals surface area contributed by atoms with E-state index in [2.05, 4.69) is 11.0 Å². The third-order valence-corrected chi connectivity index (χ3v) is 6.48. The van der Waals surface area contributed by atoms with E-state index in [0.29, 0.717) is 6.79 Å². The summed E-state index contributed by atoms with van der Waals surface area (Å²) in [5.74, 6) is 1.88. The van der Waals surface area contributed by atoms with Crippen molar-refractivity contribution >= 4 is 0 Å². The Kier molecular flexibility index (Phi) is 5.19. The van der Waals surface area contributed by atoms with E-state index >= 15 is 0 Å². The average molecular weight is 402 g/mol. The molecule has 3 aromatic carbocycles. The molecule has 0 radical (unpaired) electrons. The highest BCUT2D eigenvalue weighted by atomic mass is 16.7. The first-order valence-corrected chi connectivity index (χ1v) is 10.7. The highest BCUT2D eigenvalue weighted by Gasteiger charge is 2.41. The fraction of sp³-hybridized carbons (Fsp3) is 0.308. The highest BCUT2D eigenvalue weighted by Crippen LogP contribution is 2.42. The molecule has 0 aliphatic carbocycles. The number of nitrogens with zero attached hydrogens (tertiary/aromatic N) is 1. The Morgan fingerprint density at radius 1 is 0.800 bits per heavy atom. The minimum Gasteiger partial charge on any atom is -0.454 e. The Bertz CT molecular complexity index is 942. The van der Waals surface area contributed by atoms with Gasteiger partial charge in [-0.25, -0.2) is 0 Å². The Morgan fingerprint density at radius 3 is 2.07 bits per heavy atom. The van der Waals surface area contributed by atoms with Crippen LogP contribution in [0.5, 0.6) is 11.5 Å². The number of benzene rings is 3. The summed E-state index contributed by atoms with van der Waals surface area (Å²) >= 11 is 0. The Labute approximate surface area is 177 Å². The molecule has 5 rings (SSSR count). The second-order valence-electron chi connectivity index (χ2n) is 8.20. The van der Waals surface area contributed by atoms with Crippen LogP contribution in [0.1, 0.15) is 29.5 Å². The molecule has 1 N–H and O–H groups in total. The van der Waals surface area contributed by atoms with E-state index in [9.17, 15) is 5.11 Å². The topological polar surface area (TPSA) is 41.9 Å². The van der Waals surface area contributed by atoms with Gasteiger partial charge in [0.25, 0.3) is 0 Å². The quantitative estimate of drug-likeness (QED) is 0.680. The standard InChI is InChI=1S/C26H27NO3/c28-26(21-9-3-1-4-10-21,22-11-5-2-6-12-22)23-14-16-27(17-15-23)18-20-8-7-13-24-25(20)30-19-29-24/h1-13,23,28H,14-19H2. The average Bonchev–Trinajstić information content (AvgIpc) is 3.30. The van der Waals surface area contributed by atoms with Gasteiger partial charge < -0.3 is 14.6 Å². The molecule has 2 heterocycles. The maximum atomic E-state index is 12.0. The van der Waals surface area contributed by atoms with E-state index in [1.54, 1.807) is 0 Å². The fourth-order valence-electron chi connectivity index (χ4n) is 4.89. The van der Waals surface area contributed by atoms with Crippen LogP contribution in [0.25, 0.3) is 0 Å². The van der Waals surface area contributed by atoms with E-state index in [0.717, 1.165) is 55.1 Å². The summed E-state index contributed by atoms with van der Waals surface area (Å²) in [6.45, 7) is 3.03. The summed E-state index contributed by atoms with van der Waals surface area (Å²) in [6, 6.07) is 26.3. The molecule has 4 heteroatoms. The molecule has 0 amide bonds. The molecule has 2 aliphatic heterocycles. The predicted octanol–water partition coefficient (Wildman–Crippen LogP) is 4.56. The van der Waals surface area contributed by atoms with Crippen LogP contribution in [0.2, 0.25) is 0 Å². The van der Waals surface area contributed by atoms with Gasteiger partial charge in [0.05, 0.1) is 0 Å². The van der Waals surface area contributed by atoms with Crippen molar-refractivity contribution in [2.45, 2.75) is 25.0 Å². The van der Waals surface area contributed by atoms with Crippen molar-refractivity contribution < 1.29 is 14.6 Å². The molecule has 3 aromatic rings. The van der Waals surface area contributed by atoms with Crippen molar-refractivity contribution in [3.63, 3.8) is 0 Å². The van der Waals surface area contributed by atoms with Crippen LogP contribution >= 0.6 is 0 Å². The zero-order valence-corrected chi connectivity index (χ0v) is 17.0. The van der Waals surface area contributed by atoms with Crippen LogP contribution in [0.4, 0.5) is 0 Å². The summed E-state index contributed by atoms with van der Waals surface area (Å²) in [5.41, 5.74) is 2.14. The molecule has 30 heavy (non-hydrogen) atoms. The second kappa shape index (κ2) is 8.13. The number of hydrogen-bond acceptors (Lipinski definition) is 4. The lowest BCUT2D eigenvalue weighted by atomic mass is 9.72. The highest BCUT2D eigenvalue weighted by molar-refractivity contribution is 5.48. The number of hydrogen-bond donors (Lipinski definition) is 1. The lowest BCUT2D eigenvalue weighted by molar-refractivity contribution is -0.0153. The molecule has 0 unspecified atom stereocenters. The van der Waals surface area contributed by atoms with Crippen LogP contribution in [0.15, 0.2) is 78.9 Å². The Hall–Kier alpha value is -2.82. The second-order valence-corrected chi connectivity index (χ2v) is 8.20. The fourth-order valence-corrected chi connectivity index (χ4v) is 4.89. The SMILES string of the molecule is OC(c1ccccc1)(c1ccccc1)C1CCN(Cc2cccc3c2OCO3)CC1. The molecule has 1 fully saturated rings. The van der Waals surface area contributed by atoms with Gasteiger partial charge in [-0.05, 0) is 49.0 Å². The number of para-hydroxylation sites is 1. The van der Waals surface area contributed by atoms with Gasteiger partial charge >= 0.3 is 0 Å². The molecular weight excluding hydrogens is 374 g/mol. The lowest BCUT2D eigenvalue weighted by Crippen LogP contribution is -2.44. The molecule has 0 bridgehead atoms. The summed E-state index contributed by atoms with van der Waals surface area (Å²) in [5, 5.41) is 12.0. The number of fused-ring (bicyclic) bond motifs is 1. The molecule has 2 aliphatic rings. The van der Waals surface area contributed by atoms with Crippen LogP contribution in [-0.4, -0.2) is 29.9 Å². The largest absolute Gasteiger partial charge is 0.454 e. The number of likely N-dealkylation sites (tertiary alicyclic amines) is 1. The van der Waals surface area contributed by atoms with Gasteiger partial charge in [-0.15, -0.1) is 0 Å². The van der Waals surface area contributed by atoms with E-state index in [1.165, 1.54) is 5.56 Å². The molecule has 154 valence electrons. The lowest BCUT2D eigenvalue weighted by Gasteiger charge is -2.42. The molecule has 0 spiro atoms. The number of aliphatic hydroxyl groups is 1. The van der Waals surface area contributed by atoms with Gasteiger partial charge in [0, 0.05) is 12.1 Å². The van der Waals surface area contributed by atoms with Gasteiger partial charge in [0.2, 0.25) is 6.79 Å². The van der Waals surface area contributed by atoms with Crippen molar-refractivity contribution in [2.75, 3.05) is 19.9 Å². The van der Waals surface area contributed by atoms with Gasteiger partial charge in [-0.2, -0.15) is 0 Å². The van der Waals surface area contributed by atoms with E-state index in [-0.39, 0.29) is 5.92 Å². The number of piperidine rings is 1. The van der Waals surface area contributed by atoms with E-state index in [4.69, 9.17) is 9.47 Å². The van der Waals surface area contributed by atoms with E-state index < -0.39 is 5.60 Å². The normalized spacial score (nSPS) is 17.2. The van der Waals surface area contributed by atoms with Crippen LogP contribution in [-0.2, 0) is 12.1 Å². The summed E-state index contributed by atoms with van der Waals surface area (Å²) in [7, 11) is 0. The third kappa shape index (κ3) is 3.47. The first-order valence-electron chi connectivity index (χ1n) is 10.7. The van der Waals surface area contributed by atoms with Gasteiger partial charge in [0.1, 0.15) is 5.60 Å². The van der Waals surface area contributed by atoms with E-state index in [1.807, 2.05) is 72.8 Å². The van der Waals surface area contributed by atoms with Gasteiger partial charge in [-0.1, -0.05) is 72.8 Å². The van der Waals surface area contributed by atoms with Gasteiger partial charge in [-0.3, -0.25) is 4.90 Å². The third-order valence-electron chi connectivity index (χ3n) is 6.48. The maximum Gasteiger partial charge on any atom is 0.231 e. The van der Waals surface area contributed by atoms with Crippen molar-refractivity contribution in [2.24, 2.45) is 5.92 Å². The number of ether oxygens (including phenoxy) is 2. The molecule has 0 atom stereocenters. The van der Waals surface area contributed by atoms with Crippen molar-refractivity contribution in [3.8, 4) is 11.5 Å². The van der Waals surface area contributed by atoms with Crippen molar-refractivity contribution in [1.82, 2.24) is 4.90 Å². The van der Waals surface area contributed by atoms with Crippen LogP contribution in [0.3, 0.4) is 0 Å². The predicted molar refractivity (Wildman–Crippen MR) is 116 cm³/mol. The van der Waals surface area contributed by atoms with Crippen LogP contribution in [0, 0.1) is 5.92 Å². The zero-order valence-electron chi connectivity index (χ0n) is 17.0. The molecule has 4 nitrogen and oxygen atoms in total. The molecule has 0 saturated carbocycles. The zero-order chi connectivity index (χ0) is 20.4. The number of rotatable bonds is 5. The monoisotopic (exact) mass is 401 g/mol. The Balaban J connectivity index is 1.35.